The van der Waals surface area contributed by atoms with Gasteiger partial charge in [0.15, 0.2) is 0 Å². The number of nitrogens with one attached hydrogen (secondary N) is 1. The number of hydrogen-bond acceptors (Lipinski definition) is 4. The summed E-state index contributed by atoms with van der Waals surface area (Å²) in [6.45, 7) is 1.61. The molecule has 1 N–H and O–H groups in total. The van der Waals surface area contributed by atoms with E-state index in [0.717, 1.165) is 48.5 Å². The van der Waals surface area contributed by atoms with Crippen molar-refractivity contribution in [2.24, 2.45) is 0 Å². The van der Waals surface area contributed by atoms with Crippen LogP contribution in [0.15, 0.2) is 83.8 Å². The molecule has 0 amide bonds. The number of sulfonamides is 1. The fourth-order valence-electron chi connectivity index (χ4n) is 3.89. The zero-order valence-electron chi connectivity index (χ0n) is 17.0. The van der Waals surface area contributed by atoms with Crippen molar-refractivity contribution in [1.82, 2.24) is 4.72 Å². The molecule has 5 nitrogen and oxygen atoms in total. The normalized spacial score (nSPS) is 15.2. The number of rotatable bonds is 6. The number of nitrogens with zero attached hydrogens (tertiary/aromatic N) is 1. The van der Waals surface area contributed by atoms with Crippen molar-refractivity contribution in [2.45, 2.75) is 23.8 Å². The van der Waals surface area contributed by atoms with Crippen molar-refractivity contribution in [3.05, 3.63) is 78.9 Å². The SMILES string of the molecule is COc1ccc(N2CCC(NS(=O)(=O)c3ccccc3-c3ccccc3)CC2)cc1. The number of anilines is 1. The van der Waals surface area contributed by atoms with E-state index in [2.05, 4.69) is 9.62 Å². The molecule has 0 aromatic heterocycles. The van der Waals surface area contributed by atoms with Crippen LogP contribution in [-0.4, -0.2) is 34.7 Å². The first-order valence-electron chi connectivity index (χ1n) is 10.1. The van der Waals surface area contributed by atoms with E-state index in [0.29, 0.717) is 4.90 Å². The minimum Gasteiger partial charge on any atom is -0.497 e. The maximum absolute atomic E-state index is 13.2. The van der Waals surface area contributed by atoms with Gasteiger partial charge in [0.1, 0.15) is 5.75 Å². The summed E-state index contributed by atoms with van der Waals surface area (Å²) >= 11 is 0. The summed E-state index contributed by atoms with van der Waals surface area (Å²) < 4.78 is 34.5. The Kier molecular flexibility index (Phi) is 6.06. The maximum Gasteiger partial charge on any atom is 0.241 e. The van der Waals surface area contributed by atoms with Crippen LogP contribution >= 0.6 is 0 Å². The van der Waals surface area contributed by atoms with E-state index in [1.807, 2.05) is 66.7 Å². The van der Waals surface area contributed by atoms with Crippen LogP contribution in [0, 0.1) is 0 Å². The first kappa shape index (κ1) is 20.4. The molecular formula is C24H26N2O3S. The summed E-state index contributed by atoms with van der Waals surface area (Å²) in [6, 6.07) is 24.7. The van der Waals surface area contributed by atoms with Crippen LogP contribution in [-0.2, 0) is 10.0 Å². The number of hydrogen-bond donors (Lipinski definition) is 1. The van der Waals surface area contributed by atoms with Crippen molar-refractivity contribution in [2.75, 3.05) is 25.1 Å². The zero-order valence-corrected chi connectivity index (χ0v) is 17.8. The van der Waals surface area contributed by atoms with E-state index in [1.165, 1.54) is 0 Å². The van der Waals surface area contributed by atoms with E-state index in [4.69, 9.17) is 4.74 Å². The van der Waals surface area contributed by atoms with Gasteiger partial charge in [-0.1, -0.05) is 48.5 Å². The molecule has 4 rings (SSSR count). The van der Waals surface area contributed by atoms with Gasteiger partial charge in [0.2, 0.25) is 10.0 Å². The molecule has 0 saturated carbocycles. The zero-order chi connectivity index (χ0) is 21.0. The van der Waals surface area contributed by atoms with Gasteiger partial charge in [0, 0.05) is 30.4 Å². The Hall–Kier alpha value is -2.83. The molecule has 3 aromatic carbocycles. The summed E-state index contributed by atoms with van der Waals surface area (Å²) in [5, 5.41) is 0. The molecule has 6 heteroatoms. The van der Waals surface area contributed by atoms with Crippen molar-refractivity contribution in [3.63, 3.8) is 0 Å². The Bertz CT molecular complexity index is 1070. The molecule has 1 heterocycles. The number of ether oxygens (including phenoxy) is 1. The highest BCUT2D eigenvalue weighted by Gasteiger charge is 2.26. The Morgan fingerprint density at radius 1 is 0.867 bits per heavy atom. The Morgan fingerprint density at radius 3 is 2.17 bits per heavy atom. The molecule has 0 aliphatic carbocycles. The molecule has 156 valence electrons. The lowest BCUT2D eigenvalue weighted by Gasteiger charge is -2.34. The van der Waals surface area contributed by atoms with Gasteiger partial charge in [0.25, 0.3) is 0 Å². The molecule has 0 atom stereocenters. The third-order valence-electron chi connectivity index (χ3n) is 5.52. The van der Waals surface area contributed by atoms with Gasteiger partial charge >= 0.3 is 0 Å². The van der Waals surface area contributed by atoms with Crippen LogP contribution < -0.4 is 14.4 Å². The van der Waals surface area contributed by atoms with Crippen LogP contribution in [0.3, 0.4) is 0 Å². The molecule has 0 bridgehead atoms. The molecule has 1 saturated heterocycles. The predicted octanol–water partition coefficient (Wildman–Crippen LogP) is 4.31. The van der Waals surface area contributed by atoms with E-state index >= 15 is 0 Å². The minimum atomic E-state index is -3.61. The van der Waals surface area contributed by atoms with Crippen LogP contribution in [0.5, 0.6) is 5.75 Å². The van der Waals surface area contributed by atoms with Gasteiger partial charge in [-0.3, -0.25) is 0 Å². The smallest absolute Gasteiger partial charge is 0.241 e. The quantitative estimate of drug-likeness (QED) is 0.643. The first-order chi connectivity index (χ1) is 14.6. The number of benzene rings is 3. The number of piperidine rings is 1. The molecular weight excluding hydrogens is 396 g/mol. The highest BCUT2D eigenvalue weighted by molar-refractivity contribution is 7.89. The fraction of sp³-hybridized carbons (Fsp3) is 0.250. The van der Waals surface area contributed by atoms with E-state index in [-0.39, 0.29) is 6.04 Å². The second-order valence-electron chi connectivity index (χ2n) is 7.44. The highest BCUT2D eigenvalue weighted by Crippen LogP contribution is 2.28. The third-order valence-corrected chi connectivity index (χ3v) is 7.09. The Labute approximate surface area is 178 Å². The predicted molar refractivity (Wildman–Crippen MR) is 120 cm³/mol. The van der Waals surface area contributed by atoms with E-state index < -0.39 is 10.0 Å². The molecule has 1 aliphatic heterocycles. The average Bonchev–Trinajstić information content (AvgIpc) is 2.80. The van der Waals surface area contributed by atoms with Crippen molar-refractivity contribution >= 4 is 15.7 Å². The lowest BCUT2D eigenvalue weighted by atomic mass is 10.1. The largest absolute Gasteiger partial charge is 0.497 e. The molecule has 3 aromatic rings. The van der Waals surface area contributed by atoms with Crippen LogP contribution in [0.1, 0.15) is 12.8 Å². The van der Waals surface area contributed by atoms with Crippen molar-refractivity contribution < 1.29 is 13.2 Å². The van der Waals surface area contributed by atoms with Gasteiger partial charge in [-0.15, -0.1) is 0 Å². The topological polar surface area (TPSA) is 58.6 Å². The molecule has 0 spiro atoms. The van der Waals surface area contributed by atoms with Gasteiger partial charge in [0.05, 0.1) is 12.0 Å². The molecule has 0 radical (unpaired) electrons. The molecule has 1 fully saturated rings. The molecule has 0 unspecified atom stereocenters. The summed E-state index contributed by atoms with van der Waals surface area (Å²) in [7, 11) is -1.96. The van der Waals surface area contributed by atoms with Crippen molar-refractivity contribution in [1.29, 1.82) is 0 Å². The van der Waals surface area contributed by atoms with E-state index in [9.17, 15) is 8.42 Å². The highest BCUT2D eigenvalue weighted by atomic mass is 32.2. The summed E-state index contributed by atoms with van der Waals surface area (Å²) in [5.74, 6) is 0.832. The minimum absolute atomic E-state index is 0.0756. The summed E-state index contributed by atoms with van der Waals surface area (Å²) in [6.07, 6.45) is 1.53. The molecule has 30 heavy (non-hydrogen) atoms. The standard InChI is InChI=1S/C24H26N2O3S/c1-29-22-13-11-21(12-14-22)26-17-15-20(16-18-26)25-30(27,28)24-10-6-5-9-23(24)19-7-3-2-4-8-19/h2-14,20,25H,15-18H2,1H3. The van der Waals surface area contributed by atoms with Gasteiger partial charge in [-0.2, -0.15) is 0 Å². The first-order valence-corrected chi connectivity index (χ1v) is 11.6. The van der Waals surface area contributed by atoms with Crippen molar-refractivity contribution in [3.8, 4) is 16.9 Å². The van der Waals surface area contributed by atoms with E-state index in [1.54, 1.807) is 19.2 Å². The summed E-state index contributed by atoms with van der Waals surface area (Å²) in [4.78, 5) is 2.61. The van der Waals surface area contributed by atoms with Crippen LogP contribution in [0.25, 0.3) is 11.1 Å². The van der Waals surface area contributed by atoms with Crippen LogP contribution in [0.4, 0.5) is 5.69 Å². The van der Waals surface area contributed by atoms with Gasteiger partial charge in [-0.05, 0) is 48.7 Å². The molecule has 1 aliphatic rings. The second-order valence-corrected chi connectivity index (χ2v) is 9.13. The Balaban J connectivity index is 1.45. The Morgan fingerprint density at radius 2 is 1.50 bits per heavy atom. The maximum atomic E-state index is 13.2. The second kappa shape index (κ2) is 8.90. The third kappa shape index (κ3) is 4.50. The number of methoxy groups -OCH3 is 1. The lowest BCUT2D eigenvalue weighted by Crippen LogP contribution is -2.44. The lowest BCUT2D eigenvalue weighted by molar-refractivity contribution is 0.414. The average molecular weight is 423 g/mol. The monoisotopic (exact) mass is 422 g/mol. The van der Waals surface area contributed by atoms with Gasteiger partial charge < -0.3 is 9.64 Å². The van der Waals surface area contributed by atoms with Crippen LogP contribution in [0.2, 0.25) is 0 Å². The van der Waals surface area contributed by atoms with Gasteiger partial charge in [-0.25, -0.2) is 13.1 Å². The fourth-order valence-corrected chi connectivity index (χ4v) is 5.42. The summed E-state index contributed by atoms with van der Waals surface area (Å²) in [5.41, 5.74) is 2.75.